The third-order valence-corrected chi connectivity index (χ3v) is 2.96. The van der Waals surface area contributed by atoms with E-state index < -0.39 is 0 Å². The van der Waals surface area contributed by atoms with E-state index >= 15 is 0 Å². The average molecular weight is 262 g/mol. The molecule has 0 aliphatic rings. The Kier molecular flexibility index (Phi) is 6.16. The number of benzene rings is 1. The first-order valence-electron chi connectivity index (χ1n) is 6.19. The van der Waals surface area contributed by atoms with Crippen molar-refractivity contribution in [2.45, 2.75) is 19.4 Å². The van der Waals surface area contributed by atoms with Crippen LogP contribution in [0.2, 0.25) is 0 Å². The SMILES string of the molecule is C=CCc1c(COC)cc(OC)c(CC=C)c1OC. The van der Waals surface area contributed by atoms with Crippen LogP contribution in [0.4, 0.5) is 0 Å². The molecule has 3 heteroatoms. The molecule has 0 fully saturated rings. The lowest BCUT2D eigenvalue weighted by Crippen LogP contribution is -2.05. The van der Waals surface area contributed by atoms with E-state index in [0.29, 0.717) is 13.0 Å². The van der Waals surface area contributed by atoms with Crippen LogP contribution in [0.3, 0.4) is 0 Å². The van der Waals surface area contributed by atoms with Crippen molar-refractivity contribution in [1.29, 1.82) is 0 Å². The van der Waals surface area contributed by atoms with Gasteiger partial charge in [-0.3, -0.25) is 0 Å². The van der Waals surface area contributed by atoms with Gasteiger partial charge in [-0.15, -0.1) is 13.2 Å². The second-order valence-corrected chi connectivity index (χ2v) is 4.15. The first kappa shape index (κ1) is 15.3. The normalized spacial score (nSPS) is 10.1. The number of ether oxygens (including phenoxy) is 3. The third kappa shape index (κ3) is 3.38. The molecule has 1 aromatic carbocycles. The highest BCUT2D eigenvalue weighted by atomic mass is 16.5. The van der Waals surface area contributed by atoms with Crippen molar-refractivity contribution in [3.8, 4) is 11.5 Å². The Balaban J connectivity index is 3.49. The molecule has 19 heavy (non-hydrogen) atoms. The van der Waals surface area contributed by atoms with E-state index in [1.807, 2.05) is 18.2 Å². The fraction of sp³-hybridized carbons (Fsp3) is 0.375. The van der Waals surface area contributed by atoms with Gasteiger partial charge in [0.25, 0.3) is 0 Å². The summed E-state index contributed by atoms with van der Waals surface area (Å²) in [6.07, 6.45) is 5.13. The van der Waals surface area contributed by atoms with Gasteiger partial charge in [-0.1, -0.05) is 12.2 Å². The fourth-order valence-electron chi connectivity index (χ4n) is 2.19. The van der Waals surface area contributed by atoms with Gasteiger partial charge >= 0.3 is 0 Å². The molecule has 0 heterocycles. The molecule has 0 radical (unpaired) electrons. The van der Waals surface area contributed by atoms with Gasteiger partial charge in [-0.05, 0) is 24.5 Å². The van der Waals surface area contributed by atoms with E-state index in [-0.39, 0.29) is 0 Å². The monoisotopic (exact) mass is 262 g/mol. The maximum absolute atomic E-state index is 5.58. The molecular weight excluding hydrogens is 240 g/mol. The Bertz CT molecular complexity index is 450. The minimum absolute atomic E-state index is 0.518. The zero-order valence-corrected chi connectivity index (χ0v) is 12.0. The first-order chi connectivity index (χ1) is 9.23. The molecule has 0 spiro atoms. The zero-order valence-electron chi connectivity index (χ0n) is 12.0. The third-order valence-electron chi connectivity index (χ3n) is 2.96. The van der Waals surface area contributed by atoms with Crippen LogP contribution in [0.25, 0.3) is 0 Å². The van der Waals surface area contributed by atoms with Crippen molar-refractivity contribution in [1.82, 2.24) is 0 Å². The Labute approximate surface area is 115 Å². The molecule has 3 nitrogen and oxygen atoms in total. The van der Waals surface area contributed by atoms with Crippen molar-refractivity contribution < 1.29 is 14.2 Å². The Morgan fingerprint density at radius 3 is 2.11 bits per heavy atom. The van der Waals surface area contributed by atoms with E-state index in [9.17, 15) is 0 Å². The van der Waals surface area contributed by atoms with Crippen LogP contribution >= 0.6 is 0 Å². The van der Waals surface area contributed by atoms with Crippen LogP contribution in [-0.4, -0.2) is 21.3 Å². The molecule has 0 aromatic heterocycles. The maximum atomic E-state index is 5.58. The second kappa shape index (κ2) is 7.64. The molecule has 0 amide bonds. The van der Waals surface area contributed by atoms with Crippen LogP contribution < -0.4 is 9.47 Å². The highest BCUT2D eigenvalue weighted by molar-refractivity contribution is 5.55. The number of hydrogen-bond donors (Lipinski definition) is 0. The Morgan fingerprint density at radius 1 is 1.00 bits per heavy atom. The number of methoxy groups -OCH3 is 3. The summed E-state index contributed by atoms with van der Waals surface area (Å²) in [5.74, 6) is 1.64. The Hall–Kier alpha value is -1.74. The first-order valence-corrected chi connectivity index (χ1v) is 6.19. The lowest BCUT2D eigenvalue weighted by atomic mass is 9.97. The zero-order chi connectivity index (χ0) is 14.3. The highest BCUT2D eigenvalue weighted by Crippen LogP contribution is 2.36. The maximum Gasteiger partial charge on any atom is 0.129 e. The summed E-state index contributed by atoms with van der Waals surface area (Å²) < 4.78 is 16.3. The quantitative estimate of drug-likeness (QED) is 0.673. The molecule has 0 N–H and O–H groups in total. The van der Waals surface area contributed by atoms with Gasteiger partial charge < -0.3 is 14.2 Å². The summed E-state index contributed by atoms with van der Waals surface area (Å²) in [5.41, 5.74) is 3.16. The highest BCUT2D eigenvalue weighted by Gasteiger charge is 2.17. The van der Waals surface area contributed by atoms with Crippen molar-refractivity contribution >= 4 is 0 Å². The smallest absolute Gasteiger partial charge is 0.129 e. The van der Waals surface area contributed by atoms with E-state index in [4.69, 9.17) is 14.2 Å². The van der Waals surface area contributed by atoms with Gasteiger partial charge in [0.2, 0.25) is 0 Å². The minimum atomic E-state index is 0.518. The van der Waals surface area contributed by atoms with Crippen LogP contribution in [0.15, 0.2) is 31.4 Å². The summed E-state index contributed by atoms with van der Waals surface area (Å²) in [7, 11) is 5.00. The molecule has 0 atom stereocenters. The molecule has 0 aliphatic carbocycles. The number of hydrogen-bond acceptors (Lipinski definition) is 3. The molecule has 0 saturated heterocycles. The van der Waals surface area contributed by atoms with Crippen molar-refractivity contribution in [3.05, 3.63) is 48.1 Å². The summed E-state index contributed by atoms with van der Waals surface area (Å²) >= 11 is 0. The predicted octanol–water partition coefficient (Wildman–Crippen LogP) is 3.31. The van der Waals surface area contributed by atoms with Gasteiger partial charge in [0, 0.05) is 18.2 Å². The standard InChI is InChI=1S/C16H22O3/c1-6-8-13-12(11-17-3)10-15(18-4)14(9-7-2)16(13)19-5/h6-7,10H,1-2,8-9,11H2,3-5H3. The summed E-state index contributed by atoms with van der Waals surface area (Å²) in [6.45, 7) is 8.11. The molecule has 104 valence electrons. The summed E-state index contributed by atoms with van der Waals surface area (Å²) in [5, 5.41) is 0. The molecule has 0 unspecified atom stereocenters. The van der Waals surface area contributed by atoms with E-state index in [1.54, 1.807) is 21.3 Å². The van der Waals surface area contributed by atoms with Crippen molar-refractivity contribution in [2.24, 2.45) is 0 Å². The van der Waals surface area contributed by atoms with Crippen LogP contribution in [-0.2, 0) is 24.2 Å². The molecule has 0 aliphatic heterocycles. The summed E-state index contributed by atoms with van der Waals surface area (Å²) in [4.78, 5) is 0. The second-order valence-electron chi connectivity index (χ2n) is 4.15. The van der Waals surface area contributed by atoms with Gasteiger partial charge in [0.1, 0.15) is 11.5 Å². The van der Waals surface area contributed by atoms with Gasteiger partial charge in [0.05, 0.1) is 20.8 Å². The van der Waals surface area contributed by atoms with Crippen LogP contribution in [0, 0.1) is 0 Å². The number of allylic oxidation sites excluding steroid dienone is 2. The van der Waals surface area contributed by atoms with E-state index in [2.05, 4.69) is 13.2 Å². The molecule has 0 bridgehead atoms. The molecule has 0 saturated carbocycles. The summed E-state index contributed by atoms with van der Waals surface area (Å²) in [6, 6.07) is 2.00. The van der Waals surface area contributed by atoms with Gasteiger partial charge in [-0.2, -0.15) is 0 Å². The average Bonchev–Trinajstić information content (AvgIpc) is 2.42. The lowest BCUT2D eigenvalue weighted by Gasteiger charge is -2.19. The van der Waals surface area contributed by atoms with E-state index in [1.165, 1.54) is 0 Å². The van der Waals surface area contributed by atoms with Gasteiger partial charge in [-0.25, -0.2) is 0 Å². The van der Waals surface area contributed by atoms with Crippen molar-refractivity contribution in [2.75, 3.05) is 21.3 Å². The molecule has 1 aromatic rings. The molecular formula is C16H22O3. The predicted molar refractivity (Wildman–Crippen MR) is 78.1 cm³/mol. The lowest BCUT2D eigenvalue weighted by molar-refractivity contribution is 0.183. The van der Waals surface area contributed by atoms with Gasteiger partial charge in [0.15, 0.2) is 0 Å². The molecule has 1 rings (SSSR count). The van der Waals surface area contributed by atoms with Crippen molar-refractivity contribution in [3.63, 3.8) is 0 Å². The van der Waals surface area contributed by atoms with E-state index in [0.717, 1.165) is 34.6 Å². The Morgan fingerprint density at radius 2 is 1.63 bits per heavy atom. The fourth-order valence-corrected chi connectivity index (χ4v) is 2.19. The number of rotatable bonds is 8. The minimum Gasteiger partial charge on any atom is -0.496 e. The van der Waals surface area contributed by atoms with Crippen LogP contribution in [0.1, 0.15) is 16.7 Å². The topological polar surface area (TPSA) is 27.7 Å². The van der Waals surface area contributed by atoms with Crippen LogP contribution in [0.5, 0.6) is 11.5 Å². The largest absolute Gasteiger partial charge is 0.496 e.